The third-order valence-electron chi connectivity index (χ3n) is 0. The van der Waals surface area contributed by atoms with Crippen LogP contribution in [0.5, 0.6) is 0 Å². The van der Waals surface area contributed by atoms with E-state index in [4.69, 9.17) is 15.7 Å². The maximum atomic E-state index is 8.78. The van der Waals surface area contributed by atoms with E-state index in [2.05, 4.69) is 5.73 Å². The zero-order valence-electron chi connectivity index (χ0n) is 4.96. The van der Waals surface area contributed by atoms with Crippen LogP contribution in [0.2, 0.25) is 0 Å². The minimum Gasteiger partial charge on any atom is -0.465 e. The van der Waals surface area contributed by atoms with Crippen molar-refractivity contribution in [1.29, 1.82) is 0 Å². The van der Waals surface area contributed by atoms with Crippen LogP contribution in [0.4, 0.5) is 4.79 Å². The topological polar surface area (TPSA) is 92.6 Å². The minimum atomic E-state index is -1.33. The second kappa shape index (κ2) is 6.19. The van der Waals surface area contributed by atoms with E-state index in [1.54, 1.807) is 14.1 Å². The van der Waals surface area contributed by atoms with Gasteiger partial charge in [0.05, 0.1) is 0 Å². The summed E-state index contributed by atoms with van der Waals surface area (Å²) in [5.74, 6) is 4.94. The van der Waals surface area contributed by atoms with Gasteiger partial charge in [0.15, 0.2) is 0 Å². The van der Waals surface area contributed by atoms with Gasteiger partial charge in [0.25, 0.3) is 0 Å². The Morgan fingerprint density at radius 2 is 1.62 bits per heavy atom. The van der Waals surface area contributed by atoms with Crippen LogP contribution in [0.15, 0.2) is 0 Å². The van der Waals surface area contributed by atoms with Crippen molar-refractivity contribution in [2.75, 3.05) is 14.1 Å². The SMILES string of the molecule is CN(C)N.NC(=O)O. The van der Waals surface area contributed by atoms with E-state index in [-0.39, 0.29) is 0 Å². The summed E-state index contributed by atoms with van der Waals surface area (Å²) >= 11 is 0. The number of hydrogen-bond donors (Lipinski definition) is 3. The number of nitrogens with zero attached hydrogens (tertiary/aromatic N) is 1. The summed E-state index contributed by atoms with van der Waals surface area (Å²) in [6, 6.07) is 0. The minimum absolute atomic E-state index is 1.33. The molecule has 5 nitrogen and oxygen atoms in total. The Morgan fingerprint density at radius 1 is 1.62 bits per heavy atom. The first kappa shape index (κ1) is 10.2. The highest BCUT2D eigenvalue weighted by Gasteiger charge is 1.65. The van der Waals surface area contributed by atoms with Crippen LogP contribution < -0.4 is 11.6 Å². The zero-order valence-corrected chi connectivity index (χ0v) is 4.96. The molecule has 0 rings (SSSR count). The van der Waals surface area contributed by atoms with E-state index < -0.39 is 6.09 Å². The molecule has 50 valence electrons. The van der Waals surface area contributed by atoms with Gasteiger partial charge in [-0.2, -0.15) is 0 Å². The molecule has 8 heavy (non-hydrogen) atoms. The molecule has 0 aromatic heterocycles. The molecule has 5 N–H and O–H groups in total. The molecule has 0 radical (unpaired) electrons. The van der Waals surface area contributed by atoms with Crippen molar-refractivity contribution in [2.24, 2.45) is 11.6 Å². The van der Waals surface area contributed by atoms with Gasteiger partial charge in [-0.25, -0.2) is 4.79 Å². The van der Waals surface area contributed by atoms with Crippen LogP contribution in [-0.2, 0) is 0 Å². The van der Waals surface area contributed by atoms with Crippen molar-refractivity contribution in [2.45, 2.75) is 0 Å². The van der Waals surface area contributed by atoms with E-state index in [1.165, 1.54) is 5.01 Å². The normalized spacial score (nSPS) is 7.50. The second-order valence-corrected chi connectivity index (χ2v) is 1.30. The Labute approximate surface area is 47.8 Å². The number of hydrazine groups is 1. The standard InChI is InChI=1S/C2H8N2.CH3NO2/c1-4(2)3;2-1(3)4/h3H2,1-2H3;2H2,(H,3,4). The Hall–Kier alpha value is -0.810. The summed E-state index contributed by atoms with van der Waals surface area (Å²) in [5.41, 5.74) is 4.03. The molecule has 0 aromatic rings. The van der Waals surface area contributed by atoms with Crippen molar-refractivity contribution < 1.29 is 9.90 Å². The quantitative estimate of drug-likeness (QED) is 0.284. The van der Waals surface area contributed by atoms with Crippen molar-refractivity contribution in [3.05, 3.63) is 0 Å². The number of nitrogens with two attached hydrogens (primary N) is 2. The fourth-order valence-corrected chi connectivity index (χ4v) is 0. The summed E-state index contributed by atoms with van der Waals surface area (Å²) in [4.78, 5) is 8.78. The molecule has 0 saturated heterocycles. The van der Waals surface area contributed by atoms with Crippen LogP contribution in [-0.4, -0.2) is 30.3 Å². The molecule has 0 heterocycles. The van der Waals surface area contributed by atoms with E-state index >= 15 is 0 Å². The lowest BCUT2D eigenvalue weighted by Gasteiger charge is -1.91. The van der Waals surface area contributed by atoms with Gasteiger partial charge in [0, 0.05) is 14.1 Å². The molecule has 0 saturated carbocycles. The fourth-order valence-electron chi connectivity index (χ4n) is 0. The van der Waals surface area contributed by atoms with Gasteiger partial charge in [-0.15, -0.1) is 0 Å². The van der Waals surface area contributed by atoms with Crippen LogP contribution in [0.25, 0.3) is 0 Å². The van der Waals surface area contributed by atoms with Crippen LogP contribution >= 0.6 is 0 Å². The smallest absolute Gasteiger partial charge is 0.402 e. The number of carboxylic acid groups (broad SMARTS) is 1. The summed E-state index contributed by atoms with van der Waals surface area (Å²) in [6.45, 7) is 0. The molecule has 0 aliphatic carbocycles. The first-order valence-electron chi connectivity index (χ1n) is 1.87. The predicted molar refractivity (Wildman–Crippen MR) is 30.1 cm³/mol. The Morgan fingerprint density at radius 3 is 1.62 bits per heavy atom. The van der Waals surface area contributed by atoms with E-state index in [9.17, 15) is 0 Å². The van der Waals surface area contributed by atoms with Gasteiger partial charge in [0.2, 0.25) is 0 Å². The maximum Gasteiger partial charge on any atom is 0.402 e. The third kappa shape index (κ3) is 139. The van der Waals surface area contributed by atoms with Gasteiger partial charge in [0.1, 0.15) is 0 Å². The lowest BCUT2D eigenvalue weighted by atomic mass is 11.2. The average molecular weight is 121 g/mol. The number of carbonyl (C=O) groups is 1. The Bertz CT molecular complexity index is 56.8. The summed E-state index contributed by atoms with van der Waals surface area (Å²) < 4.78 is 0. The largest absolute Gasteiger partial charge is 0.465 e. The highest BCUT2D eigenvalue weighted by atomic mass is 16.4. The third-order valence-corrected chi connectivity index (χ3v) is 0. The van der Waals surface area contributed by atoms with Gasteiger partial charge in [-0.05, 0) is 0 Å². The summed E-state index contributed by atoms with van der Waals surface area (Å²) in [6.07, 6.45) is -1.33. The molecule has 0 aliphatic rings. The number of amides is 1. The molecular weight excluding hydrogens is 110 g/mol. The Kier molecular flexibility index (Phi) is 7.91. The van der Waals surface area contributed by atoms with Gasteiger partial charge in [-0.3, -0.25) is 10.9 Å². The summed E-state index contributed by atoms with van der Waals surface area (Å²) in [5, 5.41) is 8.69. The number of primary amides is 1. The highest BCUT2D eigenvalue weighted by molar-refractivity contribution is 5.61. The van der Waals surface area contributed by atoms with E-state index in [0.717, 1.165) is 0 Å². The molecule has 0 bridgehead atoms. The van der Waals surface area contributed by atoms with E-state index in [0.29, 0.717) is 0 Å². The molecule has 1 amide bonds. The van der Waals surface area contributed by atoms with Crippen molar-refractivity contribution >= 4 is 6.09 Å². The molecule has 0 aliphatic heterocycles. The molecule has 0 spiro atoms. The van der Waals surface area contributed by atoms with Crippen LogP contribution in [0, 0.1) is 0 Å². The molecule has 0 atom stereocenters. The first-order valence-corrected chi connectivity index (χ1v) is 1.87. The van der Waals surface area contributed by atoms with Gasteiger partial charge in [-0.1, -0.05) is 0 Å². The Balaban J connectivity index is 0. The van der Waals surface area contributed by atoms with Crippen molar-refractivity contribution in [3.63, 3.8) is 0 Å². The van der Waals surface area contributed by atoms with Crippen molar-refractivity contribution in [1.82, 2.24) is 5.01 Å². The second-order valence-electron chi connectivity index (χ2n) is 1.30. The lowest BCUT2D eigenvalue weighted by Crippen LogP contribution is -2.18. The highest BCUT2D eigenvalue weighted by Crippen LogP contribution is 1.37. The molecule has 0 unspecified atom stereocenters. The van der Waals surface area contributed by atoms with E-state index in [1.807, 2.05) is 0 Å². The van der Waals surface area contributed by atoms with Crippen LogP contribution in [0.1, 0.15) is 0 Å². The molecular formula is C3H11N3O2. The maximum absolute atomic E-state index is 8.78. The van der Waals surface area contributed by atoms with Crippen LogP contribution in [0.3, 0.4) is 0 Å². The monoisotopic (exact) mass is 121 g/mol. The molecule has 0 fully saturated rings. The number of hydrogen-bond acceptors (Lipinski definition) is 3. The molecule has 0 aromatic carbocycles. The predicted octanol–water partition coefficient (Wildman–Crippen LogP) is -0.955. The summed E-state index contributed by atoms with van der Waals surface area (Å²) in [7, 11) is 3.56. The average Bonchev–Trinajstić information content (AvgIpc) is 1.25. The molecule has 5 heteroatoms. The zero-order chi connectivity index (χ0) is 7.15. The van der Waals surface area contributed by atoms with Gasteiger partial charge >= 0.3 is 6.09 Å². The number of rotatable bonds is 0. The van der Waals surface area contributed by atoms with Gasteiger partial charge < -0.3 is 10.8 Å². The van der Waals surface area contributed by atoms with Crippen molar-refractivity contribution in [3.8, 4) is 0 Å². The first-order chi connectivity index (χ1) is 3.46. The lowest BCUT2D eigenvalue weighted by molar-refractivity contribution is 0.205. The fraction of sp³-hybridized carbons (Fsp3) is 0.667.